The molecule has 0 saturated carbocycles. The second-order valence-electron chi connectivity index (χ2n) is 9.37. The molecule has 4 rings (SSSR count). The molecule has 0 aliphatic heterocycles. The summed E-state index contributed by atoms with van der Waals surface area (Å²) in [4.78, 5) is 26.4. The van der Waals surface area contributed by atoms with Gasteiger partial charge >= 0.3 is 5.69 Å². The van der Waals surface area contributed by atoms with E-state index in [1.807, 2.05) is 35.7 Å². The Morgan fingerprint density at radius 1 is 1.11 bits per heavy atom. The first-order chi connectivity index (χ1) is 16.4. The molecule has 0 atom stereocenters. The summed E-state index contributed by atoms with van der Waals surface area (Å²) in [5.41, 5.74) is 2.84. The number of thiophene rings is 1. The molecule has 2 N–H and O–H groups in total. The van der Waals surface area contributed by atoms with Crippen LogP contribution < -0.4 is 20.7 Å². The topological polar surface area (TPSA) is 110 Å². The highest BCUT2D eigenvalue weighted by atomic mass is 32.2. The minimum atomic E-state index is -3.30. The summed E-state index contributed by atoms with van der Waals surface area (Å²) >= 11 is 1.53. The Morgan fingerprint density at radius 2 is 1.86 bits per heavy atom. The number of nitrogens with one attached hydrogen (secondary N) is 2. The van der Waals surface area contributed by atoms with Crippen molar-refractivity contribution in [2.45, 2.75) is 32.7 Å². The fraction of sp³-hybridized carbons (Fsp3) is 0.280. The molecule has 0 radical (unpaired) electrons. The minimum absolute atomic E-state index is 0.223. The summed E-state index contributed by atoms with van der Waals surface area (Å²) in [7, 11) is -1.67. The van der Waals surface area contributed by atoms with Gasteiger partial charge < -0.3 is 4.74 Å². The lowest BCUT2D eigenvalue weighted by molar-refractivity contribution is 0.399. The molecule has 0 spiro atoms. The molecule has 0 fully saturated rings. The lowest BCUT2D eigenvalue weighted by Gasteiger charge is -2.25. The van der Waals surface area contributed by atoms with Crippen LogP contribution in [0.25, 0.3) is 26.9 Å². The zero-order valence-corrected chi connectivity index (χ0v) is 21.8. The highest BCUT2D eigenvalue weighted by Crippen LogP contribution is 2.42. The van der Waals surface area contributed by atoms with E-state index < -0.39 is 21.3 Å². The number of aromatic nitrogens is 2. The van der Waals surface area contributed by atoms with Crippen molar-refractivity contribution in [3.05, 3.63) is 79.9 Å². The molecule has 2 heterocycles. The number of hydrogen-bond acceptors (Lipinski definition) is 6. The maximum atomic E-state index is 12.5. The molecule has 0 aliphatic carbocycles. The van der Waals surface area contributed by atoms with Crippen LogP contribution in [0.4, 0.5) is 0 Å². The molecule has 8 nitrogen and oxygen atoms in total. The summed E-state index contributed by atoms with van der Waals surface area (Å²) in [6, 6.07) is 11.0. The summed E-state index contributed by atoms with van der Waals surface area (Å²) in [5.74, 6) is 0.702. The third-order valence-electron chi connectivity index (χ3n) is 5.68. The van der Waals surface area contributed by atoms with E-state index in [-0.39, 0.29) is 12.0 Å². The zero-order chi connectivity index (χ0) is 25.5. The largest absolute Gasteiger partial charge is 0.496 e. The van der Waals surface area contributed by atoms with Crippen LogP contribution in [-0.2, 0) is 22.0 Å². The van der Waals surface area contributed by atoms with Gasteiger partial charge in [-0.3, -0.25) is 14.3 Å². The molecule has 35 heavy (non-hydrogen) atoms. The number of rotatable bonds is 6. The number of fused-ring (bicyclic) bond motifs is 1. The predicted molar refractivity (Wildman–Crippen MR) is 140 cm³/mol. The van der Waals surface area contributed by atoms with Gasteiger partial charge in [0, 0.05) is 34.6 Å². The summed E-state index contributed by atoms with van der Waals surface area (Å²) in [6.45, 7) is 6.42. The van der Waals surface area contributed by atoms with E-state index in [1.165, 1.54) is 28.2 Å². The Kier molecular flexibility index (Phi) is 6.48. The van der Waals surface area contributed by atoms with Gasteiger partial charge in [-0.1, -0.05) is 32.9 Å². The van der Waals surface area contributed by atoms with Gasteiger partial charge in [0.25, 0.3) is 5.56 Å². The van der Waals surface area contributed by atoms with Crippen molar-refractivity contribution in [2.24, 2.45) is 0 Å². The number of aromatic amines is 1. The molecule has 0 bridgehead atoms. The number of benzene rings is 2. The third kappa shape index (κ3) is 5.24. The Labute approximate surface area is 207 Å². The van der Waals surface area contributed by atoms with Crippen molar-refractivity contribution >= 4 is 31.4 Å². The standard InChI is InChI=1S/C25H27N3O5S2/c1-25(2,3)20-12-17(28-9-8-22(29)27-24(28)30)11-19(23(20)33-4)15-6-7-18-16(13-26-35(5,31)32)14-34-21(18)10-15/h6-12,14,26H,13H2,1-5H3,(H,27,29,30). The zero-order valence-electron chi connectivity index (χ0n) is 20.1. The molecule has 0 aliphatic rings. The van der Waals surface area contributed by atoms with Crippen LogP contribution in [0.15, 0.2) is 57.6 Å². The van der Waals surface area contributed by atoms with E-state index in [1.54, 1.807) is 7.11 Å². The van der Waals surface area contributed by atoms with Crippen molar-refractivity contribution in [3.63, 3.8) is 0 Å². The van der Waals surface area contributed by atoms with Gasteiger partial charge in [-0.15, -0.1) is 11.3 Å². The smallest absolute Gasteiger partial charge is 0.332 e. The molecular weight excluding hydrogens is 486 g/mol. The molecule has 0 saturated heterocycles. The van der Waals surface area contributed by atoms with Gasteiger partial charge in [0.15, 0.2) is 0 Å². The van der Waals surface area contributed by atoms with E-state index in [0.29, 0.717) is 11.4 Å². The number of nitrogens with zero attached hydrogens (tertiary/aromatic N) is 1. The SMILES string of the molecule is COc1c(-c2ccc3c(CNS(C)(=O)=O)csc3c2)cc(-n2ccc(=O)[nH]c2=O)cc1C(C)(C)C. The first kappa shape index (κ1) is 24.9. The molecular formula is C25H27N3O5S2. The Balaban J connectivity index is 1.91. The summed E-state index contributed by atoms with van der Waals surface area (Å²) < 4.78 is 33.8. The second-order valence-corrected chi connectivity index (χ2v) is 12.1. The van der Waals surface area contributed by atoms with Crippen LogP contribution in [0.1, 0.15) is 31.9 Å². The van der Waals surface area contributed by atoms with Gasteiger partial charge in [-0.05, 0) is 45.5 Å². The quantitative estimate of drug-likeness (QED) is 0.408. The van der Waals surface area contributed by atoms with E-state index in [2.05, 4.69) is 30.5 Å². The van der Waals surface area contributed by atoms with Crippen LogP contribution in [-0.4, -0.2) is 31.3 Å². The first-order valence-electron chi connectivity index (χ1n) is 10.9. The van der Waals surface area contributed by atoms with Crippen molar-refractivity contribution < 1.29 is 13.2 Å². The van der Waals surface area contributed by atoms with Crippen molar-refractivity contribution in [2.75, 3.05) is 13.4 Å². The number of H-pyrrole nitrogens is 1. The van der Waals surface area contributed by atoms with Gasteiger partial charge in [-0.2, -0.15) is 0 Å². The summed E-state index contributed by atoms with van der Waals surface area (Å²) in [5, 5.41) is 2.92. The van der Waals surface area contributed by atoms with Crippen LogP contribution in [0.2, 0.25) is 0 Å². The monoisotopic (exact) mass is 513 g/mol. The average Bonchev–Trinajstić information content (AvgIpc) is 3.18. The molecule has 184 valence electrons. The number of sulfonamides is 1. The van der Waals surface area contributed by atoms with Crippen molar-refractivity contribution in [1.82, 2.24) is 14.3 Å². The molecule has 10 heteroatoms. The molecule has 0 unspecified atom stereocenters. The number of hydrogen-bond donors (Lipinski definition) is 2. The lowest BCUT2D eigenvalue weighted by atomic mass is 9.83. The number of ether oxygens (including phenoxy) is 1. The molecule has 4 aromatic rings. The van der Waals surface area contributed by atoms with Crippen molar-refractivity contribution in [3.8, 4) is 22.6 Å². The summed E-state index contributed by atoms with van der Waals surface area (Å²) in [6.07, 6.45) is 2.60. The van der Waals surface area contributed by atoms with Gasteiger partial charge in [0.1, 0.15) is 5.75 Å². The van der Waals surface area contributed by atoms with E-state index in [0.717, 1.165) is 38.6 Å². The average molecular weight is 514 g/mol. The fourth-order valence-electron chi connectivity index (χ4n) is 3.96. The van der Waals surface area contributed by atoms with Gasteiger partial charge in [0.05, 0.1) is 19.1 Å². The van der Waals surface area contributed by atoms with Crippen LogP contribution in [0.3, 0.4) is 0 Å². The lowest BCUT2D eigenvalue weighted by Crippen LogP contribution is -2.27. The maximum absolute atomic E-state index is 12.5. The molecule has 2 aromatic carbocycles. The van der Waals surface area contributed by atoms with Crippen LogP contribution >= 0.6 is 11.3 Å². The molecule has 0 amide bonds. The fourth-order valence-corrected chi connectivity index (χ4v) is 5.38. The Bertz CT molecular complexity index is 1640. The highest BCUT2D eigenvalue weighted by molar-refractivity contribution is 7.88. The van der Waals surface area contributed by atoms with E-state index in [9.17, 15) is 18.0 Å². The highest BCUT2D eigenvalue weighted by Gasteiger charge is 2.24. The third-order valence-corrected chi connectivity index (χ3v) is 7.34. The van der Waals surface area contributed by atoms with E-state index >= 15 is 0 Å². The van der Waals surface area contributed by atoms with Crippen LogP contribution in [0.5, 0.6) is 5.75 Å². The van der Waals surface area contributed by atoms with E-state index in [4.69, 9.17) is 4.74 Å². The van der Waals surface area contributed by atoms with Gasteiger partial charge in [0.2, 0.25) is 10.0 Å². The minimum Gasteiger partial charge on any atom is -0.496 e. The molecule has 2 aromatic heterocycles. The predicted octanol–water partition coefficient (Wildman–Crippen LogP) is 3.76. The Morgan fingerprint density at radius 3 is 2.49 bits per heavy atom. The number of methoxy groups -OCH3 is 1. The normalized spacial score (nSPS) is 12.3. The van der Waals surface area contributed by atoms with Crippen LogP contribution in [0, 0.1) is 0 Å². The van der Waals surface area contributed by atoms with Gasteiger partial charge in [-0.25, -0.2) is 17.9 Å². The Hall–Kier alpha value is -3.21. The maximum Gasteiger partial charge on any atom is 0.332 e. The first-order valence-corrected chi connectivity index (χ1v) is 13.6. The van der Waals surface area contributed by atoms with Crippen molar-refractivity contribution in [1.29, 1.82) is 0 Å². The second kappa shape index (κ2) is 9.10.